The quantitative estimate of drug-likeness (QED) is 0.625. The van der Waals surface area contributed by atoms with Crippen molar-refractivity contribution < 1.29 is 22.0 Å². The van der Waals surface area contributed by atoms with Crippen LogP contribution in [0.1, 0.15) is 41.7 Å². The van der Waals surface area contributed by atoms with Crippen LogP contribution in [0.3, 0.4) is 0 Å². The van der Waals surface area contributed by atoms with E-state index in [0.29, 0.717) is 48.0 Å². The molecule has 1 saturated heterocycles. The first-order chi connectivity index (χ1) is 14.7. The third-order valence-corrected chi connectivity index (χ3v) is 7.71. The molecule has 0 unspecified atom stereocenters. The van der Waals surface area contributed by atoms with Gasteiger partial charge in [-0.25, -0.2) is 21.5 Å². The fourth-order valence-corrected chi connectivity index (χ4v) is 5.22. The summed E-state index contributed by atoms with van der Waals surface area (Å²) >= 11 is 0. The predicted octanol–water partition coefficient (Wildman–Crippen LogP) is 3.14. The zero-order valence-electron chi connectivity index (χ0n) is 16.9. The minimum atomic E-state index is -3.24. The number of aromatic amines is 1. The molecule has 7 nitrogen and oxygen atoms in total. The number of halogens is 2. The van der Waals surface area contributed by atoms with Crippen molar-refractivity contribution in [3.63, 3.8) is 0 Å². The van der Waals surface area contributed by atoms with Gasteiger partial charge in [0, 0.05) is 30.1 Å². The number of primary amides is 1. The lowest BCUT2D eigenvalue weighted by molar-refractivity contribution is 0.100. The van der Waals surface area contributed by atoms with Crippen LogP contribution in [-0.2, 0) is 10.0 Å². The molecule has 1 fully saturated rings. The Bertz CT molecular complexity index is 1270. The van der Waals surface area contributed by atoms with Crippen LogP contribution in [0.2, 0.25) is 0 Å². The molecule has 0 spiro atoms. The lowest BCUT2D eigenvalue weighted by Gasteiger charge is -2.30. The van der Waals surface area contributed by atoms with E-state index in [9.17, 15) is 22.0 Å². The number of carbonyl (C=O) groups is 1. The molecule has 0 atom stereocenters. The highest BCUT2D eigenvalue weighted by molar-refractivity contribution is 7.89. The van der Waals surface area contributed by atoms with Gasteiger partial charge in [-0.3, -0.25) is 9.89 Å². The second-order valence-corrected chi connectivity index (χ2v) is 9.88. The van der Waals surface area contributed by atoms with Gasteiger partial charge in [0.2, 0.25) is 10.0 Å². The average molecular weight is 448 g/mol. The van der Waals surface area contributed by atoms with Crippen molar-refractivity contribution in [2.24, 2.45) is 5.73 Å². The van der Waals surface area contributed by atoms with Gasteiger partial charge in [0.15, 0.2) is 11.6 Å². The van der Waals surface area contributed by atoms with E-state index < -0.39 is 27.6 Å². The number of sulfonamides is 1. The molecule has 1 aromatic heterocycles. The number of piperidine rings is 1. The molecule has 3 aromatic rings. The normalized spacial score (nSPS) is 16.1. The van der Waals surface area contributed by atoms with Gasteiger partial charge in [0.05, 0.1) is 11.3 Å². The van der Waals surface area contributed by atoms with Gasteiger partial charge in [0.25, 0.3) is 5.91 Å². The Morgan fingerprint density at radius 2 is 1.87 bits per heavy atom. The van der Waals surface area contributed by atoms with Crippen LogP contribution in [0.5, 0.6) is 0 Å². The minimum Gasteiger partial charge on any atom is -0.366 e. The fraction of sp³-hybridized carbons (Fsp3) is 0.333. The molecule has 0 saturated carbocycles. The van der Waals surface area contributed by atoms with Crippen LogP contribution in [0, 0.1) is 11.6 Å². The first kappa shape index (κ1) is 21.4. The molecule has 2 heterocycles. The van der Waals surface area contributed by atoms with E-state index in [1.165, 1.54) is 16.4 Å². The number of rotatable bonds is 5. The number of aromatic nitrogens is 2. The molecule has 1 aliphatic heterocycles. The highest BCUT2D eigenvalue weighted by Gasteiger charge is 2.29. The summed E-state index contributed by atoms with van der Waals surface area (Å²) in [6.07, 6.45) is 1.19. The Kier molecular flexibility index (Phi) is 5.52. The number of nitrogens with two attached hydrogens (primary N) is 1. The topological polar surface area (TPSA) is 109 Å². The molecule has 31 heavy (non-hydrogen) atoms. The molecular formula is C21H22F2N4O3S. The van der Waals surface area contributed by atoms with Crippen LogP contribution < -0.4 is 5.73 Å². The summed E-state index contributed by atoms with van der Waals surface area (Å²) < 4.78 is 52.9. The van der Waals surface area contributed by atoms with Crippen molar-refractivity contribution in [3.05, 3.63) is 53.2 Å². The van der Waals surface area contributed by atoms with E-state index in [1.54, 1.807) is 13.0 Å². The Labute approximate surface area is 178 Å². The zero-order valence-corrected chi connectivity index (χ0v) is 17.7. The van der Waals surface area contributed by atoms with E-state index in [2.05, 4.69) is 10.2 Å². The fourth-order valence-electron chi connectivity index (χ4n) is 4.08. The Morgan fingerprint density at radius 1 is 1.16 bits per heavy atom. The molecule has 4 rings (SSSR count). The summed E-state index contributed by atoms with van der Waals surface area (Å²) in [7, 11) is -3.24. The number of hydrogen-bond donors (Lipinski definition) is 2. The van der Waals surface area contributed by atoms with Gasteiger partial charge >= 0.3 is 0 Å². The summed E-state index contributed by atoms with van der Waals surface area (Å²) in [6, 6.07) is 6.80. The number of nitrogens with one attached hydrogen (secondary N) is 1. The minimum absolute atomic E-state index is 0.00855. The van der Waals surface area contributed by atoms with Crippen molar-refractivity contribution in [3.8, 4) is 11.1 Å². The average Bonchev–Trinajstić information content (AvgIpc) is 3.19. The molecule has 0 aliphatic carbocycles. The molecule has 0 bridgehead atoms. The number of amides is 1. The van der Waals surface area contributed by atoms with E-state index in [1.807, 2.05) is 0 Å². The zero-order chi connectivity index (χ0) is 22.3. The van der Waals surface area contributed by atoms with Crippen LogP contribution in [0.15, 0.2) is 30.3 Å². The van der Waals surface area contributed by atoms with Gasteiger partial charge in [0.1, 0.15) is 5.52 Å². The number of fused-ring (bicyclic) bond motifs is 1. The Hall–Kier alpha value is -2.85. The Morgan fingerprint density at radius 3 is 2.48 bits per heavy atom. The van der Waals surface area contributed by atoms with Crippen LogP contribution in [0.25, 0.3) is 22.0 Å². The predicted molar refractivity (Wildman–Crippen MR) is 113 cm³/mol. The summed E-state index contributed by atoms with van der Waals surface area (Å²) in [5.74, 6) is -2.57. The molecular weight excluding hydrogens is 426 g/mol. The lowest BCUT2D eigenvalue weighted by Crippen LogP contribution is -2.38. The Balaban J connectivity index is 1.75. The van der Waals surface area contributed by atoms with Crippen LogP contribution in [0.4, 0.5) is 8.78 Å². The standard InChI is InChI=1S/C21H22F2N4O3S/c1-2-31(29,30)27-7-5-12(6-8-27)19-15-9-14(13-3-4-17(22)18(23)11-13)10-16(21(24)28)20(15)26-25-19/h3-4,9-12H,2,5-8H2,1H3,(H2,24,28)(H,25,26). The van der Waals surface area contributed by atoms with Crippen molar-refractivity contribution in [2.45, 2.75) is 25.7 Å². The van der Waals surface area contributed by atoms with E-state index in [4.69, 9.17) is 5.73 Å². The highest BCUT2D eigenvalue weighted by atomic mass is 32.2. The van der Waals surface area contributed by atoms with Crippen molar-refractivity contribution in [1.82, 2.24) is 14.5 Å². The first-order valence-electron chi connectivity index (χ1n) is 9.96. The maximum absolute atomic E-state index is 13.8. The molecule has 10 heteroatoms. The van der Waals surface area contributed by atoms with E-state index in [0.717, 1.165) is 17.8 Å². The van der Waals surface area contributed by atoms with Crippen molar-refractivity contribution in [1.29, 1.82) is 0 Å². The van der Waals surface area contributed by atoms with Gasteiger partial charge < -0.3 is 5.73 Å². The number of nitrogens with zero attached hydrogens (tertiary/aromatic N) is 2. The largest absolute Gasteiger partial charge is 0.366 e. The molecule has 3 N–H and O–H groups in total. The first-order valence-corrected chi connectivity index (χ1v) is 11.6. The third-order valence-electron chi connectivity index (χ3n) is 5.83. The molecule has 1 amide bonds. The van der Waals surface area contributed by atoms with Crippen LogP contribution in [-0.4, -0.2) is 47.7 Å². The SMILES string of the molecule is CCS(=O)(=O)N1CCC(c2[nH]nc3c(C(N)=O)cc(-c4ccc(F)c(F)c4)cc23)CC1. The second-order valence-electron chi connectivity index (χ2n) is 7.62. The monoisotopic (exact) mass is 448 g/mol. The second kappa shape index (κ2) is 8.01. The summed E-state index contributed by atoms with van der Waals surface area (Å²) in [6.45, 7) is 2.41. The molecule has 164 valence electrons. The van der Waals surface area contributed by atoms with Gasteiger partial charge in [-0.2, -0.15) is 5.10 Å². The number of benzene rings is 2. The summed E-state index contributed by atoms with van der Waals surface area (Å²) in [5, 5.41) is 7.92. The van der Waals surface area contributed by atoms with E-state index >= 15 is 0 Å². The number of carbonyl (C=O) groups excluding carboxylic acids is 1. The molecule has 2 aromatic carbocycles. The maximum atomic E-state index is 13.8. The van der Waals surface area contributed by atoms with Gasteiger partial charge in [-0.05, 0) is 55.2 Å². The molecule has 1 aliphatic rings. The van der Waals surface area contributed by atoms with Crippen LogP contribution >= 0.6 is 0 Å². The lowest BCUT2D eigenvalue weighted by atomic mass is 9.90. The third kappa shape index (κ3) is 3.92. The highest BCUT2D eigenvalue weighted by Crippen LogP contribution is 2.36. The van der Waals surface area contributed by atoms with Crippen molar-refractivity contribution in [2.75, 3.05) is 18.8 Å². The summed E-state index contributed by atoms with van der Waals surface area (Å²) in [4.78, 5) is 12.1. The van der Waals surface area contributed by atoms with Gasteiger partial charge in [-0.1, -0.05) is 6.07 Å². The van der Waals surface area contributed by atoms with Gasteiger partial charge in [-0.15, -0.1) is 0 Å². The molecule has 0 radical (unpaired) electrons. The smallest absolute Gasteiger partial charge is 0.251 e. The number of H-pyrrole nitrogens is 1. The summed E-state index contributed by atoms with van der Waals surface area (Å²) in [5.41, 5.74) is 7.81. The maximum Gasteiger partial charge on any atom is 0.251 e. The van der Waals surface area contributed by atoms with Crippen molar-refractivity contribution >= 4 is 26.8 Å². The van der Waals surface area contributed by atoms with E-state index in [-0.39, 0.29) is 17.2 Å². The number of hydrogen-bond acceptors (Lipinski definition) is 4.